The summed E-state index contributed by atoms with van der Waals surface area (Å²) in [6.07, 6.45) is 0. The molecule has 0 heterocycles. The average molecular weight is 675 g/mol. The Morgan fingerprint density at radius 3 is 0.955 bits per heavy atom. The molecule has 13 nitrogen and oxygen atoms in total. The first-order chi connectivity index (χ1) is 21.6. The quantitative estimate of drug-likeness (QED) is 0.0600. The lowest BCUT2D eigenvalue weighted by Gasteiger charge is -2.09. The van der Waals surface area contributed by atoms with Crippen LogP contribution in [0.25, 0.3) is 0 Å². The van der Waals surface area contributed by atoms with Crippen LogP contribution in [0.15, 0.2) is 29.2 Å². The zero-order chi connectivity index (χ0) is 31.8. The average Bonchev–Trinajstić information content (AvgIpc) is 3.02. The molecule has 0 aliphatic heterocycles. The summed E-state index contributed by atoms with van der Waals surface area (Å²) in [5.41, 5.74) is 0.975. The maximum Gasteiger partial charge on any atom is 0.297 e. The molecule has 0 unspecified atom stereocenters. The lowest BCUT2D eigenvalue weighted by Crippen LogP contribution is -2.15. The molecular weight excluding hydrogens is 624 g/mol. The van der Waals surface area contributed by atoms with Crippen LogP contribution >= 0.6 is 11.6 Å². The molecule has 0 aliphatic rings. The molecule has 0 bridgehead atoms. The molecule has 0 atom stereocenters. The van der Waals surface area contributed by atoms with Gasteiger partial charge >= 0.3 is 0 Å². The molecular formula is C29H51ClO13S. The minimum absolute atomic E-state index is 0.0589. The fraction of sp³-hybridized carbons (Fsp3) is 0.793. The fourth-order valence-corrected chi connectivity index (χ4v) is 4.11. The van der Waals surface area contributed by atoms with Gasteiger partial charge in [0, 0.05) is 5.88 Å². The highest BCUT2D eigenvalue weighted by atomic mass is 35.5. The van der Waals surface area contributed by atoms with Crippen LogP contribution in [0.2, 0.25) is 0 Å². The lowest BCUT2D eigenvalue weighted by atomic mass is 10.2. The summed E-state index contributed by atoms with van der Waals surface area (Å²) >= 11 is 5.50. The van der Waals surface area contributed by atoms with Crippen LogP contribution in [-0.4, -0.2) is 153 Å². The minimum Gasteiger partial charge on any atom is -0.378 e. The second kappa shape index (κ2) is 30.7. The third-order valence-corrected chi connectivity index (χ3v) is 6.83. The van der Waals surface area contributed by atoms with E-state index in [0.29, 0.717) is 131 Å². The smallest absolute Gasteiger partial charge is 0.297 e. The second-order valence-corrected chi connectivity index (χ2v) is 10.9. The molecule has 0 N–H and O–H groups in total. The van der Waals surface area contributed by atoms with Gasteiger partial charge in [-0.2, -0.15) is 8.42 Å². The van der Waals surface area contributed by atoms with Crippen molar-refractivity contribution in [3.05, 3.63) is 29.8 Å². The van der Waals surface area contributed by atoms with Crippen LogP contribution in [0.5, 0.6) is 0 Å². The number of benzene rings is 1. The van der Waals surface area contributed by atoms with Crippen molar-refractivity contribution in [1.29, 1.82) is 0 Å². The first-order valence-electron chi connectivity index (χ1n) is 14.9. The summed E-state index contributed by atoms with van der Waals surface area (Å²) in [5, 5.41) is 0. The van der Waals surface area contributed by atoms with Crippen molar-refractivity contribution in [3.8, 4) is 0 Å². The SMILES string of the molecule is Cc1ccc(S(=O)(=O)OCCOCCOCCOCCOCCOCCOCCOCCOCCOCCOCCCl)cc1. The molecule has 258 valence electrons. The third kappa shape index (κ3) is 26.3. The van der Waals surface area contributed by atoms with Crippen molar-refractivity contribution >= 4 is 21.7 Å². The van der Waals surface area contributed by atoms with E-state index < -0.39 is 10.1 Å². The molecule has 0 aromatic heterocycles. The third-order valence-electron chi connectivity index (χ3n) is 5.35. The van der Waals surface area contributed by atoms with Crippen LogP contribution in [0.4, 0.5) is 0 Å². The maximum absolute atomic E-state index is 12.1. The second-order valence-electron chi connectivity index (χ2n) is 8.90. The number of ether oxygens (including phenoxy) is 10. The fourth-order valence-electron chi connectivity index (χ4n) is 3.11. The van der Waals surface area contributed by atoms with E-state index in [-0.39, 0.29) is 18.1 Å². The van der Waals surface area contributed by atoms with Gasteiger partial charge < -0.3 is 47.4 Å². The largest absolute Gasteiger partial charge is 0.378 e. The minimum atomic E-state index is -3.77. The molecule has 1 aromatic rings. The predicted molar refractivity (Wildman–Crippen MR) is 163 cm³/mol. The number of hydrogen-bond acceptors (Lipinski definition) is 13. The Bertz CT molecular complexity index is 846. The van der Waals surface area contributed by atoms with E-state index in [1.807, 2.05) is 6.92 Å². The summed E-state index contributed by atoms with van der Waals surface area (Å²) in [5.74, 6) is 0.490. The van der Waals surface area contributed by atoms with E-state index in [2.05, 4.69) is 0 Å². The molecule has 0 amide bonds. The number of halogens is 1. The lowest BCUT2D eigenvalue weighted by molar-refractivity contribution is -0.0265. The molecule has 0 aliphatic carbocycles. The highest BCUT2D eigenvalue weighted by Crippen LogP contribution is 2.12. The maximum atomic E-state index is 12.1. The van der Waals surface area contributed by atoms with Crippen molar-refractivity contribution in [2.75, 3.05) is 145 Å². The monoisotopic (exact) mass is 674 g/mol. The van der Waals surface area contributed by atoms with E-state index in [9.17, 15) is 8.42 Å². The Hall–Kier alpha value is -0.980. The van der Waals surface area contributed by atoms with Gasteiger partial charge in [-0.3, -0.25) is 4.18 Å². The predicted octanol–water partition coefficient (Wildman–Crippen LogP) is 2.11. The molecule has 0 saturated carbocycles. The van der Waals surface area contributed by atoms with Crippen LogP contribution < -0.4 is 0 Å². The van der Waals surface area contributed by atoms with Gasteiger partial charge in [-0.25, -0.2) is 0 Å². The van der Waals surface area contributed by atoms with E-state index in [1.165, 1.54) is 12.1 Å². The Morgan fingerprint density at radius 2 is 0.682 bits per heavy atom. The molecule has 1 aromatic carbocycles. The molecule has 44 heavy (non-hydrogen) atoms. The number of rotatable bonds is 34. The highest BCUT2D eigenvalue weighted by molar-refractivity contribution is 7.86. The van der Waals surface area contributed by atoms with Gasteiger partial charge in [-0.1, -0.05) is 17.7 Å². The van der Waals surface area contributed by atoms with Crippen molar-refractivity contribution in [3.63, 3.8) is 0 Å². The van der Waals surface area contributed by atoms with Crippen LogP contribution in [0.1, 0.15) is 5.56 Å². The van der Waals surface area contributed by atoms with E-state index in [0.717, 1.165) is 5.56 Å². The standard InChI is InChI=1S/C29H51ClO13S/c1-28-2-4-29(5-3-28)44(31,32)43-27-26-42-25-24-41-23-22-40-21-20-39-19-18-38-17-16-37-15-14-36-13-12-35-11-10-34-9-8-33-7-6-30/h2-5H,6-27H2,1H3. The van der Waals surface area contributed by atoms with Crippen LogP contribution in [-0.2, 0) is 61.7 Å². The summed E-state index contributed by atoms with van der Waals surface area (Å²) in [4.78, 5) is 0.128. The summed E-state index contributed by atoms with van der Waals surface area (Å²) < 4.78 is 83.0. The van der Waals surface area contributed by atoms with Gasteiger partial charge in [0.05, 0.1) is 144 Å². The van der Waals surface area contributed by atoms with Gasteiger partial charge in [-0.15, -0.1) is 11.6 Å². The molecule has 0 fully saturated rings. The van der Waals surface area contributed by atoms with E-state index in [4.69, 9.17) is 63.2 Å². The first kappa shape index (κ1) is 41.0. The zero-order valence-electron chi connectivity index (χ0n) is 26.0. The normalized spacial score (nSPS) is 11.9. The van der Waals surface area contributed by atoms with Crippen LogP contribution in [0, 0.1) is 6.92 Å². The summed E-state index contributed by atoms with van der Waals surface area (Å²) in [6.45, 7) is 11.0. The van der Waals surface area contributed by atoms with Crippen molar-refractivity contribution in [2.45, 2.75) is 11.8 Å². The van der Waals surface area contributed by atoms with Gasteiger partial charge in [0.2, 0.25) is 0 Å². The van der Waals surface area contributed by atoms with Crippen molar-refractivity contribution < 1.29 is 60.0 Å². The molecule has 15 heteroatoms. The highest BCUT2D eigenvalue weighted by Gasteiger charge is 2.14. The molecule has 0 saturated heterocycles. The number of aryl methyl sites for hydroxylation is 1. The van der Waals surface area contributed by atoms with E-state index in [1.54, 1.807) is 12.1 Å². The molecule has 0 spiro atoms. The topological polar surface area (TPSA) is 136 Å². The number of hydrogen-bond donors (Lipinski definition) is 0. The summed E-state index contributed by atoms with van der Waals surface area (Å²) in [7, 11) is -3.77. The molecule has 0 radical (unpaired) electrons. The Balaban J connectivity index is 1.69. The van der Waals surface area contributed by atoms with Gasteiger partial charge in [0.25, 0.3) is 10.1 Å². The van der Waals surface area contributed by atoms with Gasteiger partial charge in [0.1, 0.15) is 0 Å². The van der Waals surface area contributed by atoms with Crippen LogP contribution in [0.3, 0.4) is 0 Å². The Morgan fingerprint density at radius 1 is 0.432 bits per heavy atom. The van der Waals surface area contributed by atoms with Gasteiger partial charge in [-0.05, 0) is 19.1 Å². The van der Waals surface area contributed by atoms with Crippen molar-refractivity contribution in [1.82, 2.24) is 0 Å². The van der Waals surface area contributed by atoms with Gasteiger partial charge in [0.15, 0.2) is 0 Å². The van der Waals surface area contributed by atoms with Crippen molar-refractivity contribution in [2.24, 2.45) is 0 Å². The number of alkyl halides is 1. The molecule has 1 rings (SSSR count). The first-order valence-corrected chi connectivity index (χ1v) is 16.8. The Kier molecular flexibility index (Phi) is 28.6. The van der Waals surface area contributed by atoms with E-state index >= 15 is 0 Å². The summed E-state index contributed by atoms with van der Waals surface area (Å²) in [6, 6.07) is 6.48. The zero-order valence-corrected chi connectivity index (χ0v) is 27.5. The Labute approximate surface area is 267 Å².